The van der Waals surface area contributed by atoms with Gasteiger partial charge in [-0.3, -0.25) is 0 Å². The SMILES string of the molecule is CCCCN1CCN(S(=O)(=O)c2cccc(C)c2)CC1. The summed E-state index contributed by atoms with van der Waals surface area (Å²) in [6, 6.07) is 7.16. The molecule has 1 fully saturated rings. The Bertz CT molecular complexity index is 535. The number of hydrogen-bond acceptors (Lipinski definition) is 3. The van der Waals surface area contributed by atoms with Crippen LogP contribution in [0, 0.1) is 6.92 Å². The fraction of sp³-hybridized carbons (Fsp3) is 0.600. The van der Waals surface area contributed by atoms with Crippen LogP contribution in [0.5, 0.6) is 0 Å². The Morgan fingerprint density at radius 1 is 1.15 bits per heavy atom. The number of benzene rings is 1. The lowest BCUT2D eigenvalue weighted by atomic mass is 10.2. The van der Waals surface area contributed by atoms with E-state index in [1.54, 1.807) is 22.5 Å². The van der Waals surface area contributed by atoms with Gasteiger partial charge in [-0.05, 0) is 37.6 Å². The van der Waals surface area contributed by atoms with E-state index in [-0.39, 0.29) is 0 Å². The summed E-state index contributed by atoms with van der Waals surface area (Å²) in [6.07, 6.45) is 2.37. The average Bonchev–Trinajstić information content (AvgIpc) is 2.45. The predicted molar refractivity (Wildman–Crippen MR) is 81.3 cm³/mol. The molecule has 0 radical (unpaired) electrons. The topological polar surface area (TPSA) is 40.6 Å². The van der Waals surface area contributed by atoms with Gasteiger partial charge < -0.3 is 4.90 Å². The first-order valence-electron chi connectivity index (χ1n) is 7.33. The Hall–Kier alpha value is -0.910. The minimum atomic E-state index is -3.32. The zero-order valence-electron chi connectivity index (χ0n) is 12.4. The van der Waals surface area contributed by atoms with Crippen LogP contribution >= 0.6 is 0 Å². The zero-order chi connectivity index (χ0) is 14.6. The van der Waals surface area contributed by atoms with Crippen LogP contribution < -0.4 is 0 Å². The van der Waals surface area contributed by atoms with Crippen LogP contribution in [0.4, 0.5) is 0 Å². The van der Waals surface area contributed by atoms with Crippen molar-refractivity contribution >= 4 is 10.0 Å². The Morgan fingerprint density at radius 3 is 2.45 bits per heavy atom. The number of nitrogens with zero attached hydrogens (tertiary/aromatic N) is 2. The molecule has 0 aromatic heterocycles. The van der Waals surface area contributed by atoms with Crippen LogP contribution in [0.3, 0.4) is 0 Å². The Kier molecular flexibility index (Phi) is 5.18. The van der Waals surface area contributed by atoms with Crippen LogP contribution in [0.2, 0.25) is 0 Å². The normalized spacial score (nSPS) is 18.3. The lowest BCUT2D eigenvalue weighted by Gasteiger charge is -2.33. The van der Waals surface area contributed by atoms with E-state index in [9.17, 15) is 8.42 Å². The molecule has 1 aromatic carbocycles. The van der Waals surface area contributed by atoms with E-state index < -0.39 is 10.0 Å². The molecule has 20 heavy (non-hydrogen) atoms. The quantitative estimate of drug-likeness (QED) is 0.835. The van der Waals surface area contributed by atoms with Crippen LogP contribution in [0.15, 0.2) is 29.2 Å². The molecular formula is C15H24N2O2S. The number of aryl methyl sites for hydroxylation is 1. The molecule has 0 aliphatic carbocycles. The molecule has 1 saturated heterocycles. The molecular weight excluding hydrogens is 272 g/mol. The van der Waals surface area contributed by atoms with Crippen LogP contribution in [0.25, 0.3) is 0 Å². The third-order valence-electron chi connectivity index (χ3n) is 3.79. The summed E-state index contributed by atoms with van der Waals surface area (Å²) in [4.78, 5) is 2.77. The van der Waals surface area contributed by atoms with Gasteiger partial charge in [0.05, 0.1) is 4.90 Å². The first-order valence-corrected chi connectivity index (χ1v) is 8.77. The van der Waals surface area contributed by atoms with E-state index in [1.807, 2.05) is 13.0 Å². The summed E-state index contributed by atoms with van der Waals surface area (Å²) < 4.78 is 26.8. The maximum atomic E-state index is 12.6. The number of hydrogen-bond donors (Lipinski definition) is 0. The highest BCUT2D eigenvalue weighted by Gasteiger charge is 2.28. The summed E-state index contributed by atoms with van der Waals surface area (Å²) in [7, 11) is -3.32. The molecule has 1 heterocycles. The van der Waals surface area contributed by atoms with E-state index in [2.05, 4.69) is 11.8 Å². The predicted octanol–water partition coefficient (Wildman–Crippen LogP) is 2.10. The van der Waals surface area contributed by atoms with E-state index in [1.165, 1.54) is 12.8 Å². The van der Waals surface area contributed by atoms with Gasteiger partial charge in [-0.1, -0.05) is 25.5 Å². The van der Waals surface area contributed by atoms with E-state index in [0.717, 1.165) is 25.2 Å². The minimum absolute atomic E-state index is 0.416. The molecule has 1 aliphatic rings. The molecule has 4 nitrogen and oxygen atoms in total. The average molecular weight is 296 g/mol. The fourth-order valence-electron chi connectivity index (χ4n) is 2.50. The van der Waals surface area contributed by atoms with Crippen molar-refractivity contribution in [1.82, 2.24) is 9.21 Å². The lowest BCUT2D eigenvalue weighted by molar-refractivity contribution is 0.186. The van der Waals surface area contributed by atoms with Crippen LogP contribution in [-0.4, -0.2) is 50.3 Å². The van der Waals surface area contributed by atoms with Crippen molar-refractivity contribution in [1.29, 1.82) is 0 Å². The monoisotopic (exact) mass is 296 g/mol. The molecule has 2 rings (SSSR count). The van der Waals surface area contributed by atoms with Crippen molar-refractivity contribution in [2.24, 2.45) is 0 Å². The van der Waals surface area contributed by atoms with Gasteiger partial charge in [-0.25, -0.2) is 8.42 Å². The number of unbranched alkanes of at least 4 members (excludes halogenated alkanes) is 1. The minimum Gasteiger partial charge on any atom is -0.301 e. The molecule has 1 aromatic rings. The smallest absolute Gasteiger partial charge is 0.243 e. The molecule has 0 unspecified atom stereocenters. The van der Waals surface area contributed by atoms with E-state index >= 15 is 0 Å². The summed E-state index contributed by atoms with van der Waals surface area (Å²) in [6.45, 7) is 8.05. The van der Waals surface area contributed by atoms with Gasteiger partial charge in [-0.2, -0.15) is 4.31 Å². The molecule has 112 valence electrons. The van der Waals surface area contributed by atoms with Crippen molar-refractivity contribution in [2.45, 2.75) is 31.6 Å². The summed E-state index contributed by atoms with van der Waals surface area (Å²) in [5, 5.41) is 0. The molecule has 0 spiro atoms. The van der Waals surface area contributed by atoms with Gasteiger partial charge in [0.15, 0.2) is 0 Å². The highest BCUT2D eigenvalue weighted by atomic mass is 32.2. The highest BCUT2D eigenvalue weighted by molar-refractivity contribution is 7.89. The summed E-state index contributed by atoms with van der Waals surface area (Å²) in [5.41, 5.74) is 0.979. The number of rotatable bonds is 5. The zero-order valence-corrected chi connectivity index (χ0v) is 13.2. The van der Waals surface area contributed by atoms with E-state index in [4.69, 9.17) is 0 Å². The standard InChI is InChI=1S/C15H24N2O2S/c1-3-4-8-16-9-11-17(12-10-16)20(18,19)15-7-5-6-14(2)13-15/h5-7,13H,3-4,8-12H2,1-2H3. The molecule has 0 bridgehead atoms. The molecule has 0 saturated carbocycles. The Balaban J connectivity index is 2.02. The Labute approximate surface area is 122 Å². The van der Waals surface area contributed by atoms with Crippen molar-refractivity contribution in [2.75, 3.05) is 32.7 Å². The first kappa shape index (κ1) is 15.5. The van der Waals surface area contributed by atoms with Crippen molar-refractivity contribution in [3.63, 3.8) is 0 Å². The van der Waals surface area contributed by atoms with Crippen LogP contribution in [0.1, 0.15) is 25.3 Å². The van der Waals surface area contributed by atoms with Crippen LogP contribution in [-0.2, 0) is 10.0 Å². The number of piperazine rings is 1. The van der Waals surface area contributed by atoms with Crippen molar-refractivity contribution in [3.8, 4) is 0 Å². The third-order valence-corrected chi connectivity index (χ3v) is 5.68. The second-order valence-electron chi connectivity index (χ2n) is 5.42. The van der Waals surface area contributed by atoms with Crippen molar-refractivity contribution < 1.29 is 8.42 Å². The second-order valence-corrected chi connectivity index (χ2v) is 7.35. The largest absolute Gasteiger partial charge is 0.301 e. The Morgan fingerprint density at radius 2 is 1.85 bits per heavy atom. The lowest BCUT2D eigenvalue weighted by Crippen LogP contribution is -2.48. The number of sulfonamides is 1. The molecule has 5 heteroatoms. The molecule has 0 amide bonds. The second kappa shape index (κ2) is 6.70. The van der Waals surface area contributed by atoms with Gasteiger partial charge in [0.1, 0.15) is 0 Å². The first-order chi connectivity index (χ1) is 9.54. The summed E-state index contributed by atoms with van der Waals surface area (Å²) in [5.74, 6) is 0. The van der Waals surface area contributed by atoms with Crippen molar-refractivity contribution in [3.05, 3.63) is 29.8 Å². The molecule has 0 atom stereocenters. The van der Waals surface area contributed by atoms with E-state index in [0.29, 0.717) is 18.0 Å². The summed E-state index contributed by atoms with van der Waals surface area (Å²) >= 11 is 0. The van der Waals surface area contributed by atoms with Gasteiger partial charge >= 0.3 is 0 Å². The van der Waals surface area contributed by atoms with Gasteiger partial charge in [-0.15, -0.1) is 0 Å². The van der Waals surface area contributed by atoms with Gasteiger partial charge in [0.2, 0.25) is 10.0 Å². The third kappa shape index (κ3) is 3.59. The maximum absolute atomic E-state index is 12.6. The fourth-order valence-corrected chi connectivity index (χ4v) is 4.03. The molecule has 1 aliphatic heterocycles. The molecule has 0 N–H and O–H groups in total. The maximum Gasteiger partial charge on any atom is 0.243 e. The van der Waals surface area contributed by atoms with Gasteiger partial charge in [0, 0.05) is 26.2 Å². The highest BCUT2D eigenvalue weighted by Crippen LogP contribution is 2.18. The van der Waals surface area contributed by atoms with Gasteiger partial charge in [0.25, 0.3) is 0 Å².